The van der Waals surface area contributed by atoms with E-state index < -0.39 is 11.6 Å². The van der Waals surface area contributed by atoms with Crippen LogP contribution >= 0.6 is 0 Å². The van der Waals surface area contributed by atoms with Crippen molar-refractivity contribution in [1.29, 1.82) is 0 Å². The molecule has 0 radical (unpaired) electrons. The molecule has 7 nitrogen and oxygen atoms in total. The average Bonchev–Trinajstić information content (AvgIpc) is 3.06. The molecule has 0 bridgehead atoms. The summed E-state index contributed by atoms with van der Waals surface area (Å²) in [6, 6.07) is 7.58. The van der Waals surface area contributed by atoms with Crippen LogP contribution in [0.4, 0.5) is 0 Å². The summed E-state index contributed by atoms with van der Waals surface area (Å²) in [6.07, 6.45) is 1.64. The van der Waals surface area contributed by atoms with E-state index >= 15 is 0 Å². The number of ether oxygens (including phenoxy) is 1. The fourth-order valence-corrected chi connectivity index (χ4v) is 4.81. The summed E-state index contributed by atoms with van der Waals surface area (Å²) in [4.78, 5) is 31.9. The molecule has 2 atom stereocenters. The molecule has 1 aromatic rings. The Morgan fingerprint density at radius 1 is 1.21 bits per heavy atom. The van der Waals surface area contributed by atoms with Crippen LogP contribution in [0, 0.1) is 0 Å². The van der Waals surface area contributed by atoms with Gasteiger partial charge in [-0.25, -0.2) is 0 Å². The fraction of sp³-hybridized carbons (Fsp3) is 0.619. The number of methoxy groups -OCH3 is 1. The minimum Gasteiger partial charge on any atom is -0.497 e. The maximum Gasteiger partial charge on any atom is 0.252 e. The van der Waals surface area contributed by atoms with Crippen molar-refractivity contribution in [2.24, 2.45) is 0 Å². The number of rotatable bonds is 6. The molecular formula is C21H29N3O4. The molecule has 3 aliphatic heterocycles. The number of likely N-dealkylation sites (tertiary alicyclic amines) is 1. The standard InChI is InChI=1S/C21H29N3O4/c1-3-4-9-23-19(26)18-10-16(25)12-24(18)21(20(23)27)13-22(14-21)11-15-5-7-17(28-2)8-6-15/h5-8,16,18,25H,3-4,9-14H2,1-2H3. The summed E-state index contributed by atoms with van der Waals surface area (Å²) in [5.41, 5.74) is 0.492. The van der Waals surface area contributed by atoms with Crippen molar-refractivity contribution in [2.75, 3.05) is 33.3 Å². The second-order valence-electron chi connectivity index (χ2n) is 8.23. The highest BCUT2D eigenvalue weighted by atomic mass is 16.5. The SMILES string of the molecule is CCCCN1C(=O)C2CC(O)CN2C2(CN(Cc3ccc(OC)cc3)C2)C1=O. The Morgan fingerprint density at radius 3 is 2.57 bits per heavy atom. The zero-order chi connectivity index (χ0) is 19.9. The molecule has 0 aromatic heterocycles. The van der Waals surface area contributed by atoms with E-state index in [-0.39, 0.29) is 17.9 Å². The van der Waals surface area contributed by atoms with Gasteiger partial charge in [0.1, 0.15) is 11.3 Å². The van der Waals surface area contributed by atoms with Gasteiger partial charge < -0.3 is 9.84 Å². The van der Waals surface area contributed by atoms with Gasteiger partial charge in [-0.05, 0) is 30.5 Å². The number of hydrogen-bond acceptors (Lipinski definition) is 6. The lowest BCUT2D eigenvalue weighted by atomic mass is 9.82. The molecule has 7 heteroatoms. The first-order valence-corrected chi connectivity index (χ1v) is 10.1. The highest BCUT2D eigenvalue weighted by Gasteiger charge is 2.63. The van der Waals surface area contributed by atoms with Crippen molar-refractivity contribution >= 4 is 11.8 Å². The quantitative estimate of drug-likeness (QED) is 0.730. The Bertz CT molecular complexity index is 745. The van der Waals surface area contributed by atoms with E-state index in [0.29, 0.717) is 32.6 Å². The lowest BCUT2D eigenvalue weighted by Crippen LogP contribution is -2.81. The van der Waals surface area contributed by atoms with Crippen LogP contribution in [-0.4, -0.2) is 82.6 Å². The molecule has 4 rings (SSSR count). The largest absolute Gasteiger partial charge is 0.497 e. The van der Waals surface area contributed by atoms with Crippen molar-refractivity contribution in [1.82, 2.24) is 14.7 Å². The number of carbonyl (C=O) groups excluding carboxylic acids is 2. The van der Waals surface area contributed by atoms with E-state index in [4.69, 9.17) is 4.74 Å². The Labute approximate surface area is 165 Å². The molecule has 0 saturated carbocycles. The maximum absolute atomic E-state index is 13.3. The number of benzene rings is 1. The molecule has 152 valence electrons. The summed E-state index contributed by atoms with van der Waals surface area (Å²) in [7, 11) is 1.65. The molecule has 1 spiro atoms. The Balaban J connectivity index is 1.50. The van der Waals surface area contributed by atoms with Crippen molar-refractivity contribution in [3.8, 4) is 5.75 Å². The second kappa shape index (κ2) is 7.46. The van der Waals surface area contributed by atoms with Crippen LogP contribution in [0.15, 0.2) is 24.3 Å². The third kappa shape index (κ3) is 3.11. The third-order valence-corrected chi connectivity index (χ3v) is 6.29. The first-order chi connectivity index (χ1) is 13.5. The first-order valence-electron chi connectivity index (χ1n) is 10.1. The predicted octanol–water partition coefficient (Wildman–Crippen LogP) is 0.854. The van der Waals surface area contributed by atoms with Crippen LogP contribution in [0.5, 0.6) is 5.75 Å². The maximum atomic E-state index is 13.3. The summed E-state index contributed by atoms with van der Waals surface area (Å²) in [6.45, 7) is 4.88. The van der Waals surface area contributed by atoms with E-state index in [9.17, 15) is 14.7 Å². The molecule has 3 aliphatic rings. The van der Waals surface area contributed by atoms with Crippen LogP contribution in [0.2, 0.25) is 0 Å². The fourth-order valence-electron chi connectivity index (χ4n) is 4.81. The zero-order valence-electron chi connectivity index (χ0n) is 16.6. The summed E-state index contributed by atoms with van der Waals surface area (Å²) in [5, 5.41) is 10.2. The number of unbranched alkanes of at least 4 members (excludes halogenated alkanes) is 1. The van der Waals surface area contributed by atoms with Gasteiger partial charge >= 0.3 is 0 Å². The zero-order valence-corrected chi connectivity index (χ0v) is 16.6. The lowest BCUT2D eigenvalue weighted by Gasteiger charge is -2.58. The van der Waals surface area contributed by atoms with Gasteiger partial charge in [-0.2, -0.15) is 0 Å². The van der Waals surface area contributed by atoms with Crippen LogP contribution in [0.3, 0.4) is 0 Å². The smallest absolute Gasteiger partial charge is 0.252 e. The number of imide groups is 1. The highest BCUT2D eigenvalue weighted by Crippen LogP contribution is 2.41. The summed E-state index contributed by atoms with van der Waals surface area (Å²) < 4.78 is 5.20. The first kappa shape index (κ1) is 19.4. The normalized spacial score (nSPS) is 27.2. The highest BCUT2D eigenvalue weighted by molar-refractivity contribution is 6.06. The molecule has 1 aromatic carbocycles. The summed E-state index contributed by atoms with van der Waals surface area (Å²) >= 11 is 0. The van der Waals surface area contributed by atoms with Gasteiger partial charge in [0.25, 0.3) is 5.91 Å². The van der Waals surface area contributed by atoms with E-state index in [2.05, 4.69) is 11.8 Å². The average molecular weight is 387 g/mol. The van der Waals surface area contributed by atoms with E-state index in [1.807, 2.05) is 29.2 Å². The number of fused-ring (bicyclic) bond motifs is 2. The number of β-amino-alcohol motifs (C(OH)–C–C–N with tert-alkyl or cyclic N) is 1. The molecule has 3 heterocycles. The third-order valence-electron chi connectivity index (χ3n) is 6.29. The van der Waals surface area contributed by atoms with Gasteiger partial charge in [0.05, 0.1) is 19.3 Å². The topological polar surface area (TPSA) is 73.3 Å². The summed E-state index contributed by atoms with van der Waals surface area (Å²) in [5.74, 6) is 0.613. The van der Waals surface area contributed by atoms with Gasteiger partial charge in [0.15, 0.2) is 0 Å². The Hall–Kier alpha value is -1.96. The predicted molar refractivity (Wildman–Crippen MR) is 104 cm³/mol. The minimum absolute atomic E-state index is 0.0812. The second-order valence-corrected chi connectivity index (χ2v) is 8.23. The monoisotopic (exact) mass is 387 g/mol. The van der Waals surface area contributed by atoms with Crippen molar-refractivity contribution in [3.63, 3.8) is 0 Å². The molecule has 3 saturated heterocycles. The number of aliphatic hydroxyl groups is 1. The lowest BCUT2D eigenvalue weighted by molar-refractivity contribution is -0.180. The Morgan fingerprint density at radius 2 is 1.93 bits per heavy atom. The minimum atomic E-state index is -0.670. The van der Waals surface area contributed by atoms with Crippen LogP contribution < -0.4 is 4.74 Å². The number of piperazine rings is 1. The van der Waals surface area contributed by atoms with Crippen LogP contribution in [0.1, 0.15) is 31.7 Å². The van der Waals surface area contributed by atoms with Gasteiger partial charge in [0.2, 0.25) is 5.91 Å². The molecule has 0 aliphatic carbocycles. The van der Waals surface area contributed by atoms with E-state index in [1.54, 1.807) is 7.11 Å². The van der Waals surface area contributed by atoms with Crippen molar-refractivity contribution < 1.29 is 19.4 Å². The number of nitrogens with zero attached hydrogens (tertiary/aromatic N) is 3. The van der Waals surface area contributed by atoms with E-state index in [0.717, 1.165) is 30.7 Å². The molecule has 1 N–H and O–H groups in total. The van der Waals surface area contributed by atoms with Gasteiger partial charge in [-0.1, -0.05) is 25.5 Å². The van der Waals surface area contributed by atoms with Gasteiger partial charge in [-0.15, -0.1) is 0 Å². The van der Waals surface area contributed by atoms with Crippen LogP contribution in [-0.2, 0) is 16.1 Å². The van der Waals surface area contributed by atoms with Crippen molar-refractivity contribution in [3.05, 3.63) is 29.8 Å². The van der Waals surface area contributed by atoms with Crippen LogP contribution in [0.25, 0.3) is 0 Å². The van der Waals surface area contributed by atoms with Gasteiger partial charge in [-0.3, -0.25) is 24.3 Å². The van der Waals surface area contributed by atoms with E-state index in [1.165, 1.54) is 4.90 Å². The molecular weight excluding hydrogens is 358 g/mol. The van der Waals surface area contributed by atoms with Crippen molar-refractivity contribution in [2.45, 2.75) is 50.4 Å². The number of carbonyl (C=O) groups is 2. The molecule has 2 amide bonds. The number of amides is 2. The molecule has 2 unspecified atom stereocenters. The number of hydrogen-bond donors (Lipinski definition) is 1. The Kier molecular flexibility index (Phi) is 5.16. The molecule has 3 fully saturated rings. The number of aliphatic hydroxyl groups excluding tert-OH is 1. The molecule has 28 heavy (non-hydrogen) atoms. The van der Waals surface area contributed by atoms with Gasteiger partial charge in [0, 0.05) is 32.7 Å².